The fourth-order valence-electron chi connectivity index (χ4n) is 9.64. The molecule has 3 N–H and O–H groups in total. The molecule has 0 aliphatic carbocycles. The third-order valence-corrected chi connectivity index (χ3v) is 14.3. The predicted octanol–water partition coefficient (Wildman–Crippen LogP) is 18.9. The molecule has 2 atom stereocenters. The first-order valence-electron chi connectivity index (χ1n) is 30.4. The number of unbranched alkanes of at least 4 members (excludes halogenated alkanes) is 44. The molecule has 1 amide bonds. The number of amides is 1. The summed E-state index contributed by atoms with van der Waals surface area (Å²) < 4.78 is 5.48. The van der Waals surface area contributed by atoms with Crippen LogP contribution in [0.25, 0.3) is 0 Å². The Hall–Kier alpha value is -1.40. The van der Waals surface area contributed by atoms with Gasteiger partial charge in [-0.3, -0.25) is 9.59 Å². The second-order valence-corrected chi connectivity index (χ2v) is 21.0. The highest BCUT2D eigenvalue weighted by atomic mass is 16.5. The van der Waals surface area contributed by atoms with Crippen molar-refractivity contribution in [2.45, 2.75) is 353 Å². The van der Waals surface area contributed by atoms with Crippen LogP contribution in [-0.2, 0) is 14.3 Å². The van der Waals surface area contributed by atoms with Crippen LogP contribution in [0, 0.1) is 0 Å². The average Bonchev–Trinajstić information content (AvgIpc) is 3.33. The van der Waals surface area contributed by atoms with E-state index in [0.29, 0.717) is 25.9 Å². The highest BCUT2D eigenvalue weighted by molar-refractivity contribution is 5.76. The Balaban J connectivity index is 3.37. The van der Waals surface area contributed by atoms with Crippen LogP contribution >= 0.6 is 0 Å². The van der Waals surface area contributed by atoms with E-state index in [0.717, 1.165) is 38.5 Å². The molecule has 398 valence electrons. The monoisotopic (exact) mass is 946 g/mol. The minimum atomic E-state index is -0.665. The lowest BCUT2D eigenvalue weighted by Gasteiger charge is -2.22. The van der Waals surface area contributed by atoms with Crippen molar-refractivity contribution >= 4 is 11.9 Å². The molecule has 6 nitrogen and oxygen atoms in total. The van der Waals surface area contributed by atoms with E-state index in [9.17, 15) is 19.8 Å². The van der Waals surface area contributed by atoms with Crippen molar-refractivity contribution in [3.05, 3.63) is 12.2 Å². The quantitative estimate of drug-likeness (QED) is 0.0321. The number of rotatable bonds is 57. The second kappa shape index (κ2) is 57.2. The summed E-state index contributed by atoms with van der Waals surface area (Å²) in [6, 6.07) is -0.543. The van der Waals surface area contributed by atoms with Gasteiger partial charge in [0.1, 0.15) is 0 Å². The molecule has 0 radical (unpaired) electrons. The molecule has 0 fully saturated rings. The fraction of sp³-hybridized carbons (Fsp3) is 0.934. The first-order chi connectivity index (χ1) is 33.0. The van der Waals surface area contributed by atoms with Crippen molar-refractivity contribution in [1.29, 1.82) is 0 Å². The minimum absolute atomic E-state index is 0.0153. The van der Waals surface area contributed by atoms with Crippen LogP contribution in [0.5, 0.6) is 0 Å². The number of aliphatic hydroxyl groups is 2. The van der Waals surface area contributed by atoms with Crippen molar-refractivity contribution < 1.29 is 24.5 Å². The maximum atomic E-state index is 12.4. The topological polar surface area (TPSA) is 95.9 Å². The van der Waals surface area contributed by atoms with Gasteiger partial charge < -0.3 is 20.3 Å². The van der Waals surface area contributed by atoms with Crippen LogP contribution in [0.4, 0.5) is 0 Å². The Kier molecular flexibility index (Phi) is 56.0. The Morgan fingerprint density at radius 3 is 1.06 bits per heavy atom. The lowest BCUT2D eigenvalue weighted by atomic mass is 10.0. The maximum absolute atomic E-state index is 12.4. The zero-order valence-corrected chi connectivity index (χ0v) is 45.4. The SMILES string of the molecule is CCCCCCCCCCCCCCCCC(=O)OCCCCCCCCCCCCCC/C=C\CCCCCCCCCCC(=O)NC(CO)C(O)CCCCCCCCCCCCCC. The van der Waals surface area contributed by atoms with Crippen LogP contribution in [-0.4, -0.2) is 47.4 Å². The Labute approximate surface area is 419 Å². The standard InChI is InChI=1S/C61H119NO5/c1-3-5-7-9-11-13-15-17-31-35-39-43-47-51-55-61(66)67-56-52-48-44-40-36-32-29-27-25-23-21-19-18-20-22-24-26-28-30-34-38-42-46-50-54-60(65)62-58(57-63)59(64)53-49-45-41-37-33-16-14-12-10-8-6-4-2/h20,22,58-59,63-64H,3-19,21,23-57H2,1-2H3,(H,62,65)/b22-20-. The number of nitrogens with one attached hydrogen (secondary N) is 1. The molecule has 0 aromatic heterocycles. The van der Waals surface area contributed by atoms with E-state index in [1.54, 1.807) is 0 Å². The highest BCUT2D eigenvalue weighted by Crippen LogP contribution is 2.18. The Bertz CT molecular complexity index is 1000. The zero-order valence-electron chi connectivity index (χ0n) is 45.4. The summed E-state index contributed by atoms with van der Waals surface area (Å²) in [7, 11) is 0. The molecule has 67 heavy (non-hydrogen) atoms. The average molecular weight is 947 g/mol. The van der Waals surface area contributed by atoms with Crippen LogP contribution < -0.4 is 5.32 Å². The molecule has 0 bridgehead atoms. The van der Waals surface area contributed by atoms with E-state index in [4.69, 9.17) is 4.74 Å². The maximum Gasteiger partial charge on any atom is 0.305 e. The van der Waals surface area contributed by atoms with Gasteiger partial charge in [0.05, 0.1) is 25.4 Å². The van der Waals surface area contributed by atoms with Crippen molar-refractivity contribution in [1.82, 2.24) is 5.32 Å². The first kappa shape index (κ1) is 65.6. The van der Waals surface area contributed by atoms with Crippen LogP contribution in [0.2, 0.25) is 0 Å². The molecule has 0 saturated heterocycles. The van der Waals surface area contributed by atoms with Crippen molar-refractivity contribution in [2.24, 2.45) is 0 Å². The number of aliphatic hydroxyl groups excluding tert-OH is 2. The van der Waals surface area contributed by atoms with E-state index in [1.807, 2.05) is 0 Å². The Morgan fingerprint density at radius 1 is 0.403 bits per heavy atom. The number of hydrogen-bond acceptors (Lipinski definition) is 5. The van der Waals surface area contributed by atoms with Crippen LogP contribution in [0.3, 0.4) is 0 Å². The predicted molar refractivity (Wildman–Crippen MR) is 292 cm³/mol. The fourth-order valence-corrected chi connectivity index (χ4v) is 9.64. The Morgan fingerprint density at radius 2 is 0.701 bits per heavy atom. The minimum Gasteiger partial charge on any atom is -0.466 e. The van der Waals surface area contributed by atoms with E-state index in [2.05, 4.69) is 31.3 Å². The largest absolute Gasteiger partial charge is 0.466 e. The zero-order chi connectivity index (χ0) is 48.6. The van der Waals surface area contributed by atoms with Gasteiger partial charge in [-0.05, 0) is 51.4 Å². The van der Waals surface area contributed by atoms with Crippen molar-refractivity contribution in [3.8, 4) is 0 Å². The van der Waals surface area contributed by atoms with Gasteiger partial charge in [0.15, 0.2) is 0 Å². The summed E-state index contributed by atoms with van der Waals surface area (Å²) in [5, 5.41) is 23.2. The molecule has 0 rings (SSSR count). The van der Waals surface area contributed by atoms with Gasteiger partial charge in [-0.2, -0.15) is 0 Å². The summed E-state index contributed by atoms with van der Waals surface area (Å²) in [5.41, 5.74) is 0. The number of carbonyl (C=O) groups excluding carboxylic acids is 2. The number of esters is 1. The molecule has 0 saturated carbocycles. The molecule has 0 heterocycles. The highest BCUT2D eigenvalue weighted by Gasteiger charge is 2.20. The van der Waals surface area contributed by atoms with E-state index in [-0.39, 0.29) is 18.5 Å². The van der Waals surface area contributed by atoms with E-state index < -0.39 is 12.1 Å². The molecule has 0 aliphatic rings. The van der Waals surface area contributed by atoms with Crippen LogP contribution in [0.1, 0.15) is 341 Å². The van der Waals surface area contributed by atoms with Gasteiger partial charge in [-0.15, -0.1) is 0 Å². The number of hydrogen-bond donors (Lipinski definition) is 3. The van der Waals surface area contributed by atoms with Crippen molar-refractivity contribution in [3.63, 3.8) is 0 Å². The summed E-state index contributed by atoms with van der Waals surface area (Å²) in [4.78, 5) is 24.5. The summed E-state index contributed by atoms with van der Waals surface area (Å²) >= 11 is 0. The van der Waals surface area contributed by atoms with Gasteiger partial charge in [-0.1, -0.05) is 289 Å². The first-order valence-corrected chi connectivity index (χ1v) is 30.4. The second-order valence-electron chi connectivity index (χ2n) is 21.0. The number of carbonyl (C=O) groups is 2. The summed E-state index contributed by atoms with van der Waals surface area (Å²) in [6.45, 7) is 4.97. The van der Waals surface area contributed by atoms with E-state index in [1.165, 1.54) is 270 Å². The molecule has 0 spiro atoms. The normalized spacial score (nSPS) is 12.6. The van der Waals surface area contributed by atoms with Gasteiger partial charge in [0.25, 0.3) is 0 Å². The third-order valence-electron chi connectivity index (χ3n) is 14.3. The number of allylic oxidation sites excluding steroid dienone is 2. The third kappa shape index (κ3) is 53.8. The molecule has 0 aromatic carbocycles. The molecular weight excluding hydrogens is 827 g/mol. The van der Waals surface area contributed by atoms with Crippen molar-refractivity contribution in [2.75, 3.05) is 13.2 Å². The lowest BCUT2D eigenvalue weighted by molar-refractivity contribution is -0.143. The van der Waals surface area contributed by atoms with E-state index >= 15 is 0 Å². The molecular formula is C61H119NO5. The summed E-state index contributed by atoms with van der Waals surface area (Å²) in [5.74, 6) is -0.0233. The summed E-state index contributed by atoms with van der Waals surface area (Å²) in [6.07, 6.45) is 67.9. The van der Waals surface area contributed by atoms with Gasteiger partial charge in [0, 0.05) is 12.8 Å². The molecule has 0 aromatic rings. The lowest BCUT2D eigenvalue weighted by Crippen LogP contribution is -2.45. The molecule has 0 aliphatic heterocycles. The van der Waals surface area contributed by atoms with Gasteiger partial charge >= 0.3 is 5.97 Å². The number of ether oxygens (including phenoxy) is 1. The van der Waals surface area contributed by atoms with Gasteiger partial charge in [-0.25, -0.2) is 0 Å². The van der Waals surface area contributed by atoms with Crippen LogP contribution in [0.15, 0.2) is 12.2 Å². The smallest absolute Gasteiger partial charge is 0.305 e. The molecule has 2 unspecified atom stereocenters. The molecule has 6 heteroatoms. The van der Waals surface area contributed by atoms with Gasteiger partial charge in [0.2, 0.25) is 5.91 Å².